The molecule has 0 unspecified atom stereocenters. The molecular formula is C13H11Br2N3O. The highest BCUT2D eigenvalue weighted by Crippen LogP contribution is 2.32. The zero-order valence-electron chi connectivity index (χ0n) is 10.1. The lowest BCUT2D eigenvalue weighted by molar-refractivity contribution is 0.102. The maximum absolute atomic E-state index is 12.1. The van der Waals surface area contributed by atoms with Gasteiger partial charge in [-0.1, -0.05) is 0 Å². The predicted molar refractivity (Wildman–Crippen MR) is 83.2 cm³/mol. The van der Waals surface area contributed by atoms with Crippen molar-refractivity contribution in [3.63, 3.8) is 0 Å². The quantitative estimate of drug-likeness (QED) is 0.828. The summed E-state index contributed by atoms with van der Waals surface area (Å²) in [6.45, 7) is 1.98. The number of benzene rings is 1. The lowest BCUT2D eigenvalue weighted by Crippen LogP contribution is -2.13. The smallest absolute Gasteiger partial charge is 0.257 e. The van der Waals surface area contributed by atoms with Gasteiger partial charge in [-0.05, 0) is 68.6 Å². The number of rotatable bonds is 2. The summed E-state index contributed by atoms with van der Waals surface area (Å²) in [5.74, 6) is 0.145. The van der Waals surface area contributed by atoms with Crippen molar-refractivity contribution < 1.29 is 4.79 Å². The summed E-state index contributed by atoms with van der Waals surface area (Å²) in [5, 5.41) is 2.83. The standard InChI is InChI=1S/C13H11Br2N3O/c1-7-4-9(14)12(10(15)5-7)18-13(19)8-2-3-11(16)17-6-8/h2-6H,1H3,(H2,16,17)(H,18,19). The van der Waals surface area contributed by atoms with E-state index >= 15 is 0 Å². The molecule has 0 bridgehead atoms. The first-order valence-corrected chi connectivity index (χ1v) is 7.04. The summed E-state index contributed by atoms with van der Waals surface area (Å²) < 4.78 is 1.63. The summed E-state index contributed by atoms with van der Waals surface area (Å²) in [6.07, 6.45) is 1.45. The first kappa shape index (κ1) is 14.0. The lowest BCUT2D eigenvalue weighted by atomic mass is 10.2. The van der Waals surface area contributed by atoms with E-state index in [0.29, 0.717) is 17.1 Å². The number of anilines is 2. The number of nitrogens with two attached hydrogens (primary N) is 1. The second-order valence-electron chi connectivity index (χ2n) is 4.03. The van der Waals surface area contributed by atoms with E-state index in [0.717, 1.165) is 14.5 Å². The molecule has 19 heavy (non-hydrogen) atoms. The second-order valence-corrected chi connectivity index (χ2v) is 5.74. The van der Waals surface area contributed by atoms with Crippen LogP contribution in [-0.2, 0) is 0 Å². The molecule has 0 aliphatic heterocycles. The van der Waals surface area contributed by atoms with Gasteiger partial charge in [0, 0.05) is 15.1 Å². The van der Waals surface area contributed by atoms with Gasteiger partial charge in [-0.3, -0.25) is 4.79 Å². The summed E-state index contributed by atoms with van der Waals surface area (Å²) in [6, 6.07) is 7.09. The number of halogens is 2. The molecule has 0 aliphatic rings. The molecular weight excluding hydrogens is 374 g/mol. The van der Waals surface area contributed by atoms with E-state index < -0.39 is 0 Å². The molecule has 1 aromatic heterocycles. The van der Waals surface area contributed by atoms with Crippen molar-refractivity contribution in [2.45, 2.75) is 6.92 Å². The zero-order valence-corrected chi connectivity index (χ0v) is 13.2. The van der Waals surface area contributed by atoms with Crippen LogP contribution in [0.15, 0.2) is 39.4 Å². The topological polar surface area (TPSA) is 68.0 Å². The number of amides is 1. The summed E-state index contributed by atoms with van der Waals surface area (Å²) in [7, 11) is 0. The molecule has 1 heterocycles. The third-order valence-corrected chi connectivity index (χ3v) is 3.72. The van der Waals surface area contributed by atoms with E-state index in [1.54, 1.807) is 12.1 Å². The molecule has 3 N–H and O–H groups in total. The molecule has 0 radical (unpaired) electrons. The normalized spacial score (nSPS) is 10.3. The van der Waals surface area contributed by atoms with Crippen LogP contribution in [0, 0.1) is 6.92 Å². The average Bonchev–Trinajstić information content (AvgIpc) is 2.34. The number of pyridine rings is 1. The van der Waals surface area contributed by atoms with E-state index in [1.807, 2.05) is 19.1 Å². The third kappa shape index (κ3) is 3.33. The van der Waals surface area contributed by atoms with Crippen LogP contribution in [0.1, 0.15) is 15.9 Å². The highest BCUT2D eigenvalue weighted by molar-refractivity contribution is 9.11. The molecule has 2 aromatic rings. The maximum Gasteiger partial charge on any atom is 0.257 e. The molecule has 0 atom stereocenters. The van der Waals surface area contributed by atoms with Crippen molar-refractivity contribution in [3.8, 4) is 0 Å². The number of nitrogens with one attached hydrogen (secondary N) is 1. The van der Waals surface area contributed by atoms with Crippen LogP contribution in [0.5, 0.6) is 0 Å². The van der Waals surface area contributed by atoms with Crippen LogP contribution in [0.25, 0.3) is 0 Å². The molecule has 98 valence electrons. The van der Waals surface area contributed by atoms with Gasteiger partial charge in [-0.2, -0.15) is 0 Å². The minimum absolute atomic E-state index is 0.238. The zero-order chi connectivity index (χ0) is 14.0. The summed E-state index contributed by atoms with van der Waals surface area (Å²) in [5.41, 5.74) is 7.72. The minimum atomic E-state index is -0.238. The van der Waals surface area contributed by atoms with Gasteiger partial charge in [-0.25, -0.2) is 4.98 Å². The van der Waals surface area contributed by atoms with Crippen molar-refractivity contribution >= 4 is 49.3 Å². The van der Waals surface area contributed by atoms with Crippen LogP contribution in [0.4, 0.5) is 11.5 Å². The van der Waals surface area contributed by atoms with E-state index in [9.17, 15) is 4.79 Å². The van der Waals surface area contributed by atoms with E-state index in [4.69, 9.17) is 5.73 Å². The molecule has 6 heteroatoms. The van der Waals surface area contributed by atoms with E-state index in [2.05, 4.69) is 42.2 Å². The molecule has 0 saturated heterocycles. The number of carbonyl (C=O) groups excluding carboxylic acids is 1. The van der Waals surface area contributed by atoms with Crippen molar-refractivity contribution in [1.82, 2.24) is 4.98 Å². The molecule has 1 aromatic carbocycles. The monoisotopic (exact) mass is 383 g/mol. The third-order valence-electron chi connectivity index (χ3n) is 2.47. The average molecular weight is 385 g/mol. The Morgan fingerprint density at radius 1 is 1.26 bits per heavy atom. The van der Waals surface area contributed by atoms with Gasteiger partial charge in [0.25, 0.3) is 5.91 Å². The van der Waals surface area contributed by atoms with Crippen LogP contribution < -0.4 is 11.1 Å². The predicted octanol–water partition coefficient (Wildman–Crippen LogP) is 3.75. The Bertz CT molecular complexity index is 603. The highest BCUT2D eigenvalue weighted by Gasteiger charge is 2.12. The number of aryl methyl sites for hydroxylation is 1. The van der Waals surface area contributed by atoms with Crippen molar-refractivity contribution in [1.29, 1.82) is 0 Å². The van der Waals surface area contributed by atoms with Crippen LogP contribution in [-0.4, -0.2) is 10.9 Å². The molecule has 0 fully saturated rings. The largest absolute Gasteiger partial charge is 0.384 e. The van der Waals surface area contributed by atoms with Crippen molar-refractivity contribution in [2.75, 3.05) is 11.1 Å². The lowest BCUT2D eigenvalue weighted by Gasteiger charge is -2.10. The summed E-state index contributed by atoms with van der Waals surface area (Å²) in [4.78, 5) is 16.0. The van der Waals surface area contributed by atoms with Crippen LogP contribution in [0.3, 0.4) is 0 Å². The Balaban J connectivity index is 2.26. The van der Waals surface area contributed by atoms with Gasteiger partial charge in [-0.15, -0.1) is 0 Å². The van der Waals surface area contributed by atoms with Crippen molar-refractivity contribution in [2.24, 2.45) is 0 Å². The molecule has 0 aliphatic carbocycles. The van der Waals surface area contributed by atoms with E-state index in [-0.39, 0.29) is 5.91 Å². The first-order valence-electron chi connectivity index (χ1n) is 5.46. The molecule has 0 saturated carbocycles. The Morgan fingerprint density at radius 2 is 1.89 bits per heavy atom. The number of aromatic nitrogens is 1. The van der Waals surface area contributed by atoms with Gasteiger partial charge < -0.3 is 11.1 Å². The number of carbonyl (C=O) groups is 1. The maximum atomic E-state index is 12.1. The number of nitrogens with zero attached hydrogens (tertiary/aromatic N) is 1. The second kappa shape index (κ2) is 5.71. The number of hydrogen-bond acceptors (Lipinski definition) is 3. The molecule has 4 nitrogen and oxygen atoms in total. The van der Waals surface area contributed by atoms with Crippen LogP contribution >= 0.6 is 31.9 Å². The van der Waals surface area contributed by atoms with Gasteiger partial charge in [0.15, 0.2) is 0 Å². The fourth-order valence-electron chi connectivity index (χ4n) is 1.54. The SMILES string of the molecule is Cc1cc(Br)c(NC(=O)c2ccc(N)nc2)c(Br)c1. The summed E-state index contributed by atoms with van der Waals surface area (Å²) >= 11 is 6.86. The minimum Gasteiger partial charge on any atom is -0.384 e. The van der Waals surface area contributed by atoms with Crippen LogP contribution in [0.2, 0.25) is 0 Å². The fourth-order valence-corrected chi connectivity index (χ4v) is 3.16. The number of hydrogen-bond donors (Lipinski definition) is 2. The molecule has 0 spiro atoms. The Morgan fingerprint density at radius 3 is 2.42 bits per heavy atom. The Labute approximate surface area is 127 Å². The van der Waals surface area contributed by atoms with Gasteiger partial charge in [0.05, 0.1) is 11.3 Å². The van der Waals surface area contributed by atoms with Crippen molar-refractivity contribution in [3.05, 3.63) is 50.5 Å². The van der Waals surface area contributed by atoms with E-state index in [1.165, 1.54) is 6.20 Å². The Hall–Kier alpha value is -1.40. The Kier molecular flexibility index (Phi) is 4.21. The van der Waals surface area contributed by atoms with Gasteiger partial charge in [0.1, 0.15) is 5.82 Å². The van der Waals surface area contributed by atoms with Gasteiger partial charge in [0.2, 0.25) is 0 Å². The molecule has 1 amide bonds. The number of nitrogen functional groups attached to an aromatic ring is 1. The van der Waals surface area contributed by atoms with Gasteiger partial charge >= 0.3 is 0 Å². The first-order chi connectivity index (χ1) is 8.97. The highest BCUT2D eigenvalue weighted by atomic mass is 79.9. The molecule has 2 rings (SSSR count). The fraction of sp³-hybridized carbons (Fsp3) is 0.0769.